The van der Waals surface area contributed by atoms with Crippen LogP contribution < -0.4 is 18.9 Å². The highest BCUT2D eigenvalue weighted by atomic mass is 32.2. The molecular formula is C26H23NO5S. The van der Waals surface area contributed by atoms with Crippen LogP contribution in [0.25, 0.3) is 0 Å². The van der Waals surface area contributed by atoms with Crippen molar-refractivity contribution in [3.63, 3.8) is 0 Å². The molecule has 2 atom stereocenters. The van der Waals surface area contributed by atoms with Crippen LogP contribution in [-0.4, -0.2) is 38.4 Å². The van der Waals surface area contributed by atoms with E-state index >= 15 is 0 Å². The molecule has 0 N–H and O–H groups in total. The third-order valence-electron chi connectivity index (χ3n) is 6.56. The van der Waals surface area contributed by atoms with Crippen molar-refractivity contribution in [2.75, 3.05) is 27.6 Å². The number of hydrogen-bond acceptors (Lipinski definition) is 6. The predicted molar refractivity (Wildman–Crippen MR) is 125 cm³/mol. The van der Waals surface area contributed by atoms with Gasteiger partial charge in [0, 0.05) is 11.4 Å². The van der Waals surface area contributed by atoms with Gasteiger partial charge in [-0.25, -0.2) is 0 Å². The Morgan fingerprint density at radius 3 is 2.52 bits per heavy atom. The zero-order valence-corrected chi connectivity index (χ0v) is 19.2. The van der Waals surface area contributed by atoms with E-state index in [1.165, 1.54) is 11.1 Å². The van der Waals surface area contributed by atoms with Crippen molar-refractivity contribution in [1.29, 1.82) is 0 Å². The molecule has 0 fully saturated rings. The third kappa shape index (κ3) is 3.14. The Kier molecular flexibility index (Phi) is 4.87. The minimum Gasteiger partial charge on any atom is -0.493 e. The Bertz CT molecular complexity index is 1250. The average Bonchev–Trinajstić information content (AvgIpc) is 3.37. The van der Waals surface area contributed by atoms with Gasteiger partial charge in [-0.05, 0) is 53.4 Å². The molecule has 6 rings (SSSR count). The van der Waals surface area contributed by atoms with Gasteiger partial charge >= 0.3 is 0 Å². The predicted octanol–water partition coefficient (Wildman–Crippen LogP) is 5.02. The summed E-state index contributed by atoms with van der Waals surface area (Å²) >= 11 is 1.77. The van der Waals surface area contributed by atoms with Gasteiger partial charge in [0.15, 0.2) is 23.0 Å². The molecule has 7 heteroatoms. The highest BCUT2D eigenvalue weighted by Crippen LogP contribution is 2.56. The third-order valence-corrected chi connectivity index (χ3v) is 7.87. The van der Waals surface area contributed by atoms with E-state index in [-0.39, 0.29) is 24.0 Å². The van der Waals surface area contributed by atoms with Gasteiger partial charge in [0.1, 0.15) is 0 Å². The van der Waals surface area contributed by atoms with Gasteiger partial charge in [-0.3, -0.25) is 4.79 Å². The molecule has 0 aromatic heterocycles. The molecule has 3 aromatic rings. The number of nitrogens with zero attached hydrogens (tertiary/aromatic N) is 1. The molecule has 1 amide bonds. The number of carbonyl (C=O) groups is 1. The number of carbonyl (C=O) groups excluding carboxylic acids is 1. The Morgan fingerprint density at radius 1 is 0.970 bits per heavy atom. The quantitative estimate of drug-likeness (QED) is 0.544. The molecule has 3 aliphatic rings. The molecule has 168 valence electrons. The Morgan fingerprint density at radius 2 is 1.76 bits per heavy atom. The molecule has 6 nitrogen and oxygen atoms in total. The zero-order chi connectivity index (χ0) is 22.5. The molecule has 3 aliphatic heterocycles. The summed E-state index contributed by atoms with van der Waals surface area (Å²) < 4.78 is 22.5. The second kappa shape index (κ2) is 7.92. The molecule has 0 spiro atoms. The van der Waals surface area contributed by atoms with E-state index in [2.05, 4.69) is 24.3 Å². The van der Waals surface area contributed by atoms with Crippen LogP contribution in [0.1, 0.15) is 38.3 Å². The molecule has 0 bridgehead atoms. The first-order valence-electron chi connectivity index (χ1n) is 10.9. The second-order valence-electron chi connectivity index (χ2n) is 8.21. The SMILES string of the molecule is COc1ccc2c(c1OC)C(=O)N1CCc3cc4c(cc3[C@H](Sc3ccccc3)[C@@H]21)OCO4. The van der Waals surface area contributed by atoms with Crippen LogP contribution in [0.5, 0.6) is 23.0 Å². The summed E-state index contributed by atoms with van der Waals surface area (Å²) in [6.45, 7) is 0.852. The fourth-order valence-electron chi connectivity index (χ4n) is 5.08. The van der Waals surface area contributed by atoms with Crippen LogP contribution in [0.4, 0.5) is 0 Å². The number of thioether (sulfide) groups is 1. The van der Waals surface area contributed by atoms with Crippen molar-refractivity contribution in [1.82, 2.24) is 4.90 Å². The van der Waals surface area contributed by atoms with Gasteiger partial charge in [-0.15, -0.1) is 11.8 Å². The molecule has 3 heterocycles. The molecule has 0 aliphatic carbocycles. The highest BCUT2D eigenvalue weighted by Gasteiger charge is 2.46. The van der Waals surface area contributed by atoms with Crippen LogP contribution in [0.3, 0.4) is 0 Å². The van der Waals surface area contributed by atoms with Gasteiger partial charge in [0.25, 0.3) is 5.91 Å². The lowest BCUT2D eigenvalue weighted by molar-refractivity contribution is 0.0728. The van der Waals surface area contributed by atoms with Crippen LogP contribution >= 0.6 is 11.8 Å². The van der Waals surface area contributed by atoms with Gasteiger partial charge in [0.05, 0.1) is 31.1 Å². The van der Waals surface area contributed by atoms with E-state index in [1.54, 1.807) is 26.0 Å². The van der Waals surface area contributed by atoms with E-state index < -0.39 is 0 Å². The van der Waals surface area contributed by atoms with E-state index in [9.17, 15) is 4.79 Å². The lowest BCUT2D eigenvalue weighted by Crippen LogP contribution is -2.30. The lowest BCUT2D eigenvalue weighted by atomic mass is 9.94. The molecule has 0 radical (unpaired) electrons. The minimum atomic E-state index is -0.140. The summed E-state index contributed by atoms with van der Waals surface area (Å²) in [5.74, 6) is 2.59. The Balaban J connectivity index is 1.55. The standard InChI is InChI=1S/C26H23NO5S/c1-29-19-9-8-17-22(24(19)30-2)26(28)27-11-10-15-12-20-21(32-14-31-20)13-18(15)25(23(17)27)33-16-6-4-3-5-7-16/h3-9,12-13,23,25H,10-11,14H2,1-2H3/t23-,25+/m1/s1. The van der Waals surface area contributed by atoms with Gasteiger partial charge in [0.2, 0.25) is 6.79 Å². The summed E-state index contributed by atoms with van der Waals surface area (Å²) in [5, 5.41) is -0.0253. The molecular weight excluding hydrogens is 438 g/mol. The first-order valence-corrected chi connectivity index (χ1v) is 11.8. The maximum Gasteiger partial charge on any atom is 0.258 e. The number of hydrogen-bond donors (Lipinski definition) is 0. The van der Waals surface area contributed by atoms with Crippen LogP contribution in [0.2, 0.25) is 0 Å². The average molecular weight is 462 g/mol. The van der Waals surface area contributed by atoms with Gasteiger partial charge in [-0.1, -0.05) is 24.3 Å². The summed E-state index contributed by atoms with van der Waals surface area (Å²) in [6.07, 6.45) is 0.744. The molecule has 0 saturated heterocycles. The van der Waals surface area contributed by atoms with Crippen LogP contribution in [-0.2, 0) is 6.42 Å². The van der Waals surface area contributed by atoms with E-state index in [4.69, 9.17) is 18.9 Å². The fourth-order valence-corrected chi connectivity index (χ4v) is 6.46. The Labute approximate surface area is 196 Å². The highest BCUT2D eigenvalue weighted by molar-refractivity contribution is 7.99. The van der Waals surface area contributed by atoms with Crippen molar-refractivity contribution < 1.29 is 23.7 Å². The topological polar surface area (TPSA) is 57.2 Å². The fraction of sp³-hybridized carbons (Fsp3) is 0.269. The monoisotopic (exact) mass is 461 g/mol. The van der Waals surface area contributed by atoms with Crippen molar-refractivity contribution in [3.8, 4) is 23.0 Å². The van der Waals surface area contributed by atoms with Gasteiger partial charge < -0.3 is 23.8 Å². The number of ether oxygens (including phenoxy) is 4. The lowest BCUT2D eigenvalue weighted by Gasteiger charge is -2.30. The Hall–Kier alpha value is -3.32. The van der Waals surface area contributed by atoms with Crippen molar-refractivity contribution >= 4 is 17.7 Å². The molecule has 0 unspecified atom stereocenters. The minimum absolute atomic E-state index is 0.0164. The maximum absolute atomic E-state index is 13.7. The zero-order valence-electron chi connectivity index (χ0n) is 18.4. The summed E-state index contributed by atoms with van der Waals surface area (Å²) in [5.41, 5.74) is 3.94. The first kappa shape index (κ1) is 20.3. The van der Waals surface area contributed by atoms with Crippen molar-refractivity contribution in [2.45, 2.75) is 22.6 Å². The summed E-state index contributed by atoms with van der Waals surface area (Å²) in [4.78, 5) is 16.8. The first-order chi connectivity index (χ1) is 16.2. The number of benzene rings is 3. The van der Waals surface area contributed by atoms with Crippen LogP contribution in [0, 0.1) is 0 Å². The van der Waals surface area contributed by atoms with E-state index in [0.29, 0.717) is 23.6 Å². The normalized spacial score (nSPS) is 20.1. The maximum atomic E-state index is 13.7. The molecule has 33 heavy (non-hydrogen) atoms. The largest absolute Gasteiger partial charge is 0.493 e. The number of fused-ring (bicyclic) bond motifs is 5. The van der Waals surface area contributed by atoms with E-state index in [1.807, 2.05) is 35.2 Å². The smallest absolute Gasteiger partial charge is 0.258 e. The van der Waals surface area contributed by atoms with Crippen molar-refractivity contribution in [3.05, 3.63) is 76.9 Å². The molecule has 3 aromatic carbocycles. The summed E-state index contributed by atoms with van der Waals surface area (Å²) in [7, 11) is 3.18. The summed E-state index contributed by atoms with van der Waals surface area (Å²) in [6, 6.07) is 18.3. The van der Waals surface area contributed by atoms with Gasteiger partial charge in [-0.2, -0.15) is 0 Å². The van der Waals surface area contributed by atoms with Crippen LogP contribution in [0.15, 0.2) is 59.5 Å². The number of amides is 1. The number of rotatable bonds is 4. The van der Waals surface area contributed by atoms with Crippen molar-refractivity contribution in [2.24, 2.45) is 0 Å². The molecule has 0 saturated carbocycles. The second-order valence-corrected chi connectivity index (χ2v) is 9.43. The van der Waals surface area contributed by atoms with E-state index in [0.717, 1.165) is 28.4 Å². The number of methoxy groups -OCH3 is 2.